The van der Waals surface area contributed by atoms with Crippen molar-refractivity contribution in [3.63, 3.8) is 0 Å². The zero-order valence-electron chi connectivity index (χ0n) is 30.5. The number of fused-ring (bicyclic) bond motifs is 3. The number of aromatic hydroxyl groups is 2. The molecule has 3 aromatic heterocycles. The van der Waals surface area contributed by atoms with Crippen LogP contribution in [0.3, 0.4) is 0 Å². The van der Waals surface area contributed by atoms with Crippen molar-refractivity contribution in [3.8, 4) is 11.5 Å². The second kappa shape index (κ2) is 16.3. The molecule has 0 radical (unpaired) electrons. The summed E-state index contributed by atoms with van der Waals surface area (Å²) in [6.45, 7) is 0. The molecular weight excluding hydrogens is 713 g/mol. The normalized spacial score (nSPS) is 12.0. The van der Waals surface area contributed by atoms with Crippen molar-refractivity contribution in [3.05, 3.63) is 215 Å². The van der Waals surface area contributed by atoms with E-state index in [1.165, 1.54) is 12.1 Å². The van der Waals surface area contributed by atoms with E-state index >= 15 is 0 Å². The average Bonchev–Trinajstić information content (AvgIpc) is 3.26. The van der Waals surface area contributed by atoms with Crippen molar-refractivity contribution >= 4 is 49.8 Å². The summed E-state index contributed by atoms with van der Waals surface area (Å²) in [6.07, 6.45) is 5.14. The van der Waals surface area contributed by atoms with Gasteiger partial charge in [-0.3, -0.25) is 25.1 Å². The Labute approximate surface area is 327 Å². The Morgan fingerprint density at radius 1 is 0.474 bits per heavy atom. The number of nitrogens with one attached hydrogen (secondary N) is 2. The average molecular weight is 749 g/mol. The summed E-state index contributed by atoms with van der Waals surface area (Å²) in [6, 6.07) is 50.7. The number of anilines is 2. The van der Waals surface area contributed by atoms with Crippen LogP contribution in [0, 0.1) is 10.1 Å². The minimum Gasteiger partial charge on any atom is -0.505 e. The number of pyridine rings is 3. The van der Waals surface area contributed by atoms with E-state index in [9.17, 15) is 20.3 Å². The van der Waals surface area contributed by atoms with Gasteiger partial charge in [0, 0.05) is 63.7 Å². The third kappa shape index (κ3) is 7.73. The Balaban J connectivity index is 0.000000160. The minimum absolute atomic E-state index is 0.0274. The number of aromatic nitrogens is 3. The molecule has 0 amide bonds. The van der Waals surface area contributed by atoms with Gasteiger partial charge in [0.15, 0.2) is 0 Å². The standard InChI is InChI=1S/C25H19N3O.C22H17N3O3/c29-25-20(14-13-19-11-6-16-27-24(19)25)22(17-7-2-1-3-8-17)28-21-12-4-9-18-10-5-15-26-23(18)21;26-22-19(13-8-16-7-4-14-23-21(16)22)20(15-5-2-1-3-6-15)24-17-9-11-18(12-10-17)25(27)28/h1-16,22,28-29H;1-14,20,24,26H. The lowest BCUT2D eigenvalue weighted by atomic mass is 9.96. The topological polar surface area (TPSA) is 146 Å². The summed E-state index contributed by atoms with van der Waals surface area (Å²) in [5.41, 5.74) is 7.13. The lowest BCUT2D eigenvalue weighted by molar-refractivity contribution is -0.384. The highest BCUT2D eigenvalue weighted by molar-refractivity contribution is 5.91. The number of rotatable bonds is 9. The van der Waals surface area contributed by atoms with Crippen molar-refractivity contribution in [1.82, 2.24) is 15.0 Å². The zero-order valence-corrected chi connectivity index (χ0v) is 30.5. The fraction of sp³-hybridized carbons (Fsp3) is 0.0426. The van der Waals surface area contributed by atoms with Crippen LogP contribution in [-0.4, -0.2) is 30.1 Å². The number of phenolic OH excluding ortho intramolecular Hbond substituents is 2. The number of nitro groups is 1. The first-order valence-electron chi connectivity index (χ1n) is 18.3. The van der Waals surface area contributed by atoms with Gasteiger partial charge in [-0.25, -0.2) is 0 Å². The van der Waals surface area contributed by atoms with Gasteiger partial charge in [-0.2, -0.15) is 0 Å². The van der Waals surface area contributed by atoms with Crippen molar-refractivity contribution < 1.29 is 15.1 Å². The van der Waals surface area contributed by atoms with E-state index in [0.717, 1.165) is 44.1 Å². The Bertz CT molecular complexity index is 2820. The largest absolute Gasteiger partial charge is 0.505 e. The molecule has 0 fully saturated rings. The van der Waals surface area contributed by atoms with Gasteiger partial charge in [0.25, 0.3) is 5.69 Å². The molecule has 57 heavy (non-hydrogen) atoms. The molecule has 10 heteroatoms. The van der Waals surface area contributed by atoms with Crippen molar-refractivity contribution in [2.75, 3.05) is 10.6 Å². The number of nitrogens with zero attached hydrogens (tertiary/aromatic N) is 4. The molecule has 0 aliphatic carbocycles. The van der Waals surface area contributed by atoms with E-state index in [0.29, 0.717) is 22.3 Å². The smallest absolute Gasteiger partial charge is 0.269 e. The van der Waals surface area contributed by atoms with E-state index in [1.54, 1.807) is 30.7 Å². The van der Waals surface area contributed by atoms with Crippen LogP contribution in [-0.2, 0) is 0 Å². The van der Waals surface area contributed by atoms with Crippen LogP contribution in [0.15, 0.2) is 182 Å². The predicted molar refractivity (Wildman–Crippen MR) is 225 cm³/mol. The molecule has 9 aromatic rings. The van der Waals surface area contributed by atoms with E-state index in [2.05, 4.69) is 37.7 Å². The van der Waals surface area contributed by atoms with Crippen LogP contribution in [0.25, 0.3) is 32.7 Å². The monoisotopic (exact) mass is 748 g/mol. The Morgan fingerprint density at radius 2 is 0.930 bits per heavy atom. The lowest BCUT2D eigenvalue weighted by Crippen LogP contribution is -2.13. The molecule has 0 saturated heterocycles. The summed E-state index contributed by atoms with van der Waals surface area (Å²) in [5.74, 6) is 0.305. The third-order valence-corrected chi connectivity index (χ3v) is 9.77. The maximum atomic E-state index is 11.1. The molecule has 10 nitrogen and oxygen atoms in total. The SMILES string of the molecule is O=[N+]([O-])c1ccc(NC(c2ccccc2)c2ccc3cccnc3c2O)cc1.Oc1c(C(Nc2cccc3cccnc23)c2ccccc2)ccc2cccnc12. The molecule has 0 aliphatic rings. The summed E-state index contributed by atoms with van der Waals surface area (Å²) < 4.78 is 0. The van der Waals surface area contributed by atoms with Gasteiger partial charge in [-0.05, 0) is 47.5 Å². The van der Waals surface area contributed by atoms with Crippen LogP contribution in [0.4, 0.5) is 17.1 Å². The first-order valence-corrected chi connectivity index (χ1v) is 18.3. The predicted octanol–water partition coefficient (Wildman–Crippen LogP) is 10.7. The molecule has 0 saturated carbocycles. The summed E-state index contributed by atoms with van der Waals surface area (Å²) in [4.78, 5) is 23.7. The quantitative estimate of drug-likeness (QED) is 0.0836. The molecule has 3 heterocycles. The number of phenols is 2. The summed E-state index contributed by atoms with van der Waals surface area (Å²) >= 11 is 0. The van der Waals surface area contributed by atoms with E-state index in [1.807, 2.05) is 127 Å². The molecule has 0 aliphatic heterocycles. The second-order valence-electron chi connectivity index (χ2n) is 13.3. The lowest BCUT2D eigenvalue weighted by Gasteiger charge is -2.23. The van der Waals surface area contributed by atoms with Gasteiger partial charge >= 0.3 is 0 Å². The third-order valence-electron chi connectivity index (χ3n) is 9.77. The number of para-hydroxylation sites is 1. The minimum atomic E-state index is -0.431. The van der Waals surface area contributed by atoms with Gasteiger partial charge < -0.3 is 20.8 Å². The van der Waals surface area contributed by atoms with Gasteiger partial charge in [0.05, 0.1) is 28.2 Å². The Morgan fingerprint density at radius 3 is 1.44 bits per heavy atom. The Kier molecular flexibility index (Phi) is 10.3. The first-order chi connectivity index (χ1) is 27.9. The van der Waals surface area contributed by atoms with Gasteiger partial charge in [0.2, 0.25) is 0 Å². The van der Waals surface area contributed by atoms with Crippen molar-refractivity contribution in [1.29, 1.82) is 0 Å². The number of non-ortho nitro benzene ring substituents is 1. The van der Waals surface area contributed by atoms with Crippen molar-refractivity contribution in [2.45, 2.75) is 12.1 Å². The Hall–Kier alpha value is -7.85. The van der Waals surface area contributed by atoms with E-state index in [4.69, 9.17) is 0 Å². The molecule has 0 bridgehead atoms. The first kappa shape index (κ1) is 36.1. The van der Waals surface area contributed by atoms with Crippen LogP contribution in [0.1, 0.15) is 34.3 Å². The van der Waals surface area contributed by atoms with Crippen LogP contribution in [0.5, 0.6) is 11.5 Å². The second-order valence-corrected chi connectivity index (χ2v) is 13.3. The van der Waals surface area contributed by atoms with Gasteiger partial charge in [-0.1, -0.05) is 115 Å². The molecule has 278 valence electrons. The fourth-order valence-electron chi connectivity index (χ4n) is 6.95. The maximum absolute atomic E-state index is 11.1. The van der Waals surface area contributed by atoms with Gasteiger partial charge in [-0.15, -0.1) is 0 Å². The van der Waals surface area contributed by atoms with Crippen molar-refractivity contribution in [2.24, 2.45) is 0 Å². The van der Waals surface area contributed by atoms with E-state index in [-0.39, 0.29) is 29.3 Å². The highest BCUT2D eigenvalue weighted by Crippen LogP contribution is 2.38. The zero-order chi connectivity index (χ0) is 39.1. The number of benzene rings is 6. The maximum Gasteiger partial charge on any atom is 0.269 e. The molecule has 9 rings (SSSR count). The molecule has 6 aromatic carbocycles. The number of hydrogen-bond acceptors (Lipinski definition) is 9. The number of hydrogen-bond donors (Lipinski definition) is 4. The molecule has 0 spiro atoms. The number of nitro benzene ring substituents is 1. The van der Waals surface area contributed by atoms with Gasteiger partial charge in [0.1, 0.15) is 22.5 Å². The van der Waals surface area contributed by atoms with Crippen LogP contribution < -0.4 is 10.6 Å². The summed E-state index contributed by atoms with van der Waals surface area (Å²) in [7, 11) is 0. The highest BCUT2D eigenvalue weighted by Gasteiger charge is 2.22. The molecule has 2 atom stereocenters. The molecule has 2 unspecified atom stereocenters. The van der Waals surface area contributed by atoms with E-state index < -0.39 is 4.92 Å². The van der Waals surface area contributed by atoms with Crippen LogP contribution >= 0.6 is 0 Å². The molecule has 4 N–H and O–H groups in total. The molecular formula is C47H36N6O4. The summed E-state index contributed by atoms with van der Waals surface area (Å²) in [5, 5.41) is 42.6. The highest BCUT2D eigenvalue weighted by atomic mass is 16.6. The van der Waals surface area contributed by atoms with Crippen LogP contribution in [0.2, 0.25) is 0 Å². The fourth-order valence-corrected chi connectivity index (χ4v) is 6.95.